The predicted molar refractivity (Wildman–Crippen MR) is 33.4 cm³/mol. The van der Waals surface area contributed by atoms with Gasteiger partial charge in [0.1, 0.15) is 0 Å². The quantitative estimate of drug-likeness (QED) is 0.409. The fourth-order valence-electron chi connectivity index (χ4n) is 0.427. The monoisotopic (exact) mass is 128 g/mol. The second-order valence-electron chi connectivity index (χ2n) is 1.36. The van der Waals surface area contributed by atoms with Crippen LogP contribution in [0, 0.1) is 0 Å². The molecule has 0 amide bonds. The van der Waals surface area contributed by atoms with Crippen molar-refractivity contribution >= 4 is 20.8 Å². The first-order valence-corrected chi connectivity index (χ1v) is 2.70. The molecule has 8 heavy (non-hydrogen) atoms. The van der Waals surface area contributed by atoms with Gasteiger partial charge in [0.25, 0.3) is 0 Å². The highest BCUT2D eigenvalue weighted by Gasteiger charge is 1.95. The summed E-state index contributed by atoms with van der Waals surface area (Å²) in [5, 5.41) is 0.806. The van der Waals surface area contributed by atoms with Crippen LogP contribution >= 0.6 is 9.24 Å². The molecule has 2 nitrogen and oxygen atoms in total. The Morgan fingerprint density at radius 3 is 2.75 bits per heavy atom. The minimum absolute atomic E-state index is 0.384. The third-order valence-electron chi connectivity index (χ3n) is 0.834. The van der Waals surface area contributed by atoms with E-state index in [2.05, 4.69) is 9.24 Å². The SMILES string of the molecule is O=Cc1occc1P. The molecule has 1 unspecified atom stereocenters. The van der Waals surface area contributed by atoms with E-state index in [1.807, 2.05) is 0 Å². The van der Waals surface area contributed by atoms with E-state index in [0.717, 1.165) is 5.30 Å². The average Bonchev–Trinajstić information content (AvgIpc) is 2.14. The molecule has 42 valence electrons. The van der Waals surface area contributed by atoms with Gasteiger partial charge in [-0.2, -0.15) is 0 Å². The summed E-state index contributed by atoms with van der Waals surface area (Å²) >= 11 is 0. The summed E-state index contributed by atoms with van der Waals surface area (Å²) in [5.41, 5.74) is 0. The van der Waals surface area contributed by atoms with E-state index in [0.29, 0.717) is 12.0 Å². The van der Waals surface area contributed by atoms with Crippen molar-refractivity contribution in [3.8, 4) is 0 Å². The van der Waals surface area contributed by atoms with E-state index in [9.17, 15) is 4.79 Å². The summed E-state index contributed by atoms with van der Waals surface area (Å²) in [4.78, 5) is 9.98. The van der Waals surface area contributed by atoms with Gasteiger partial charge in [-0.05, 0) is 6.07 Å². The van der Waals surface area contributed by atoms with Crippen molar-refractivity contribution in [2.75, 3.05) is 0 Å². The van der Waals surface area contributed by atoms with Crippen LogP contribution in [0.5, 0.6) is 0 Å². The number of hydrogen-bond donors (Lipinski definition) is 0. The van der Waals surface area contributed by atoms with Crippen molar-refractivity contribution in [1.82, 2.24) is 0 Å². The second kappa shape index (κ2) is 2.10. The van der Waals surface area contributed by atoms with Gasteiger partial charge in [-0.25, -0.2) is 0 Å². The number of rotatable bonds is 1. The minimum atomic E-state index is 0.384. The van der Waals surface area contributed by atoms with Gasteiger partial charge >= 0.3 is 0 Å². The zero-order valence-corrected chi connectivity index (χ0v) is 5.28. The lowest BCUT2D eigenvalue weighted by molar-refractivity contribution is 0.110. The molecule has 0 saturated heterocycles. The van der Waals surface area contributed by atoms with Gasteiger partial charge in [0.05, 0.1) is 6.26 Å². The third-order valence-corrected chi connectivity index (χ3v) is 1.31. The summed E-state index contributed by atoms with van der Waals surface area (Å²) in [6, 6.07) is 1.72. The summed E-state index contributed by atoms with van der Waals surface area (Å²) < 4.78 is 4.72. The van der Waals surface area contributed by atoms with Crippen LogP contribution in [-0.2, 0) is 0 Å². The molecular formula is C5H5O2P. The Labute approximate surface area is 49.1 Å². The molecule has 0 aromatic carbocycles. The molecular weight excluding hydrogens is 123 g/mol. The van der Waals surface area contributed by atoms with Gasteiger partial charge in [0.15, 0.2) is 12.0 Å². The van der Waals surface area contributed by atoms with Crippen molar-refractivity contribution in [2.45, 2.75) is 0 Å². The van der Waals surface area contributed by atoms with E-state index in [4.69, 9.17) is 4.42 Å². The van der Waals surface area contributed by atoms with Crippen molar-refractivity contribution < 1.29 is 9.21 Å². The second-order valence-corrected chi connectivity index (χ2v) is 1.98. The van der Waals surface area contributed by atoms with E-state index < -0.39 is 0 Å². The molecule has 0 fully saturated rings. The number of aldehydes is 1. The maximum absolute atomic E-state index is 9.98. The first-order chi connectivity index (χ1) is 3.84. The molecule has 0 aliphatic heterocycles. The highest BCUT2D eigenvalue weighted by atomic mass is 31.0. The molecule has 3 heteroatoms. The minimum Gasteiger partial charge on any atom is -0.461 e. The summed E-state index contributed by atoms with van der Waals surface area (Å²) in [6.07, 6.45) is 2.16. The zero-order chi connectivity index (χ0) is 5.98. The Balaban J connectivity index is 3.09. The van der Waals surface area contributed by atoms with E-state index in [1.54, 1.807) is 6.07 Å². The molecule has 0 aliphatic rings. The maximum atomic E-state index is 9.98. The number of carbonyl (C=O) groups excluding carboxylic acids is 1. The van der Waals surface area contributed by atoms with Crippen LogP contribution in [-0.4, -0.2) is 6.29 Å². The summed E-state index contributed by atoms with van der Waals surface area (Å²) in [6.45, 7) is 0. The highest BCUT2D eigenvalue weighted by Crippen LogP contribution is 1.96. The van der Waals surface area contributed by atoms with Crippen LogP contribution < -0.4 is 5.30 Å². The van der Waals surface area contributed by atoms with Crippen LogP contribution in [0.1, 0.15) is 10.6 Å². The number of carbonyl (C=O) groups is 1. The van der Waals surface area contributed by atoms with Gasteiger partial charge in [-0.1, -0.05) is 0 Å². The summed E-state index contributed by atoms with van der Waals surface area (Å²) in [7, 11) is 2.39. The van der Waals surface area contributed by atoms with E-state index in [-0.39, 0.29) is 0 Å². The fraction of sp³-hybridized carbons (Fsp3) is 0. The van der Waals surface area contributed by atoms with Crippen molar-refractivity contribution in [1.29, 1.82) is 0 Å². The Morgan fingerprint density at radius 1 is 1.75 bits per heavy atom. The number of hydrogen-bond acceptors (Lipinski definition) is 2. The lowest BCUT2D eigenvalue weighted by Crippen LogP contribution is -1.90. The molecule has 0 saturated carbocycles. The van der Waals surface area contributed by atoms with Gasteiger partial charge in [0.2, 0.25) is 0 Å². The molecule has 0 radical (unpaired) electrons. The fourth-order valence-corrected chi connectivity index (χ4v) is 0.641. The van der Waals surface area contributed by atoms with Crippen LogP contribution in [0.15, 0.2) is 16.7 Å². The maximum Gasteiger partial charge on any atom is 0.185 e. The molecule has 1 atom stereocenters. The van der Waals surface area contributed by atoms with Crippen molar-refractivity contribution in [3.63, 3.8) is 0 Å². The first-order valence-electron chi connectivity index (χ1n) is 2.12. The Morgan fingerprint density at radius 2 is 2.50 bits per heavy atom. The molecule has 0 aliphatic carbocycles. The standard InChI is InChI=1S/C5H5O2P/c6-3-4-5(8)1-2-7-4/h1-3H,8H2. The van der Waals surface area contributed by atoms with Crippen LogP contribution in [0.25, 0.3) is 0 Å². The molecule has 1 rings (SSSR count). The van der Waals surface area contributed by atoms with Crippen LogP contribution in [0.3, 0.4) is 0 Å². The van der Waals surface area contributed by atoms with Crippen molar-refractivity contribution in [3.05, 3.63) is 18.1 Å². The van der Waals surface area contributed by atoms with Gasteiger partial charge in [-0.3, -0.25) is 4.79 Å². The molecule has 0 bridgehead atoms. The highest BCUT2D eigenvalue weighted by molar-refractivity contribution is 7.27. The predicted octanol–water partition coefficient (Wildman–Crippen LogP) is 0.593. The first kappa shape index (κ1) is 5.52. The third kappa shape index (κ3) is 0.797. The average molecular weight is 128 g/mol. The largest absolute Gasteiger partial charge is 0.461 e. The molecule has 1 aromatic heterocycles. The topological polar surface area (TPSA) is 30.2 Å². The van der Waals surface area contributed by atoms with Crippen molar-refractivity contribution in [2.24, 2.45) is 0 Å². The van der Waals surface area contributed by atoms with E-state index in [1.165, 1.54) is 6.26 Å². The van der Waals surface area contributed by atoms with Gasteiger partial charge < -0.3 is 4.42 Å². The molecule has 0 spiro atoms. The van der Waals surface area contributed by atoms with E-state index >= 15 is 0 Å². The molecule has 0 N–H and O–H groups in total. The number of furan rings is 1. The zero-order valence-electron chi connectivity index (χ0n) is 4.13. The Kier molecular flexibility index (Phi) is 1.45. The normalized spacial score (nSPS) is 9.12. The lowest BCUT2D eigenvalue weighted by atomic mass is 10.5. The van der Waals surface area contributed by atoms with Gasteiger partial charge in [0, 0.05) is 5.30 Å². The van der Waals surface area contributed by atoms with Gasteiger partial charge in [-0.15, -0.1) is 9.24 Å². The van der Waals surface area contributed by atoms with Crippen LogP contribution in [0.2, 0.25) is 0 Å². The Hall–Kier alpha value is -0.620. The smallest absolute Gasteiger partial charge is 0.185 e. The van der Waals surface area contributed by atoms with Crippen LogP contribution in [0.4, 0.5) is 0 Å². The lowest BCUT2D eigenvalue weighted by Gasteiger charge is -1.78. The Bertz CT molecular complexity index is 192. The molecule has 1 heterocycles. The molecule has 1 aromatic rings. The summed E-state index contributed by atoms with van der Waals surface area (Å²) in [5.74, 6) is 0.384.